The number of amides is 2. The molecule has 7 nitrogen and oxygen atoms in total. The van der Waals surface area contributed by atoms with E-state index in [4.69, 9.17) is 14.2 Å². The minimum atomic E-state index is -0.632. The Morgan fingerprint density at radius 2 is 1.52 bits per heavy atom. The van der Waals surface area contributed by atoms with Gasteiger partial charge in [0.1, 0.15) is 20.2 Å². The van der Waals surface area contributed by atoms with Crippen LogP contribution in [-0.2, 0) is 32.6 Å². The summed E-state index contributed by atoms with van der Waals surface area (Å²) in [6.45, 7) is 6.09. The van der Waals surface area contributed by atoms with Crippen LogP contribution in [0.4, 0.5) is 4.79 Å². The van der Waals surface area contributed by atoms with Crippen LogP contribution in [0.3, 0.4) is 0 Å². The average molecular weight is 675 g/mol. The Morgan fingerprint density at radius 1 is 0.925 bits per heavy atom. The topological polar surface area (TPSA) is 69.0 Å². The first-order chi connectivity index (χ1) is 19.0. The quantitative estimate of drug-likeness (QED) is 0.113. The largest absolute Gasteiger partial charge is 1.00 e. The smallest absolute Gasteiger partial charge is 0.417 e. The van der Waals surface area contributed by atoms with E-state index < -0.39 is 6.09 Å². The number of halogens is 1. The molecule has 2 heterocycles. The number of carbonyl (C=O) groups excluding carboxylic acids is 2. The molecule has 0 radical (unpaired) electrons. The van der Waals surface area contributed by atoms with E-state index in [0.717, 1.165) is 30.0 Å². The van der Waals surface area contributed by atoms with Crippen LogP contribution in [0, 0.1) is 5.92 Å². The van der Waals surface area contributed by atoms with E-state index in [9.17, 15) is 9.59 Å². The molecule has 230 valence electrons. The van der Waals surface area contributed by atoms with Gasteiger partial charge >= 0.3 is 6.09 Å². The number of rotatable bonds is 21. The zero-order valence-electron chi connectivity index (χ0n) is 25.4. The molecule has 1 aliphatic rings. The second-order valence-electron chi connectivity index (χ2n) is 11.2. The molecule has 0 aromatic carbocycles. The molecular weight excluding hydrogens is 619 g/mol. The predicted octanol–water partition coefficient (Wildman–Crippen LogP) is 3.90. The highest BCUT2D eigenvalue weighted by Crippen LogP contribution is 2.21. The van der Waals surface area contributed by atoms with E-state index >= 15 is 0 Å². The summed E-state index contributed by atoms with van der Waals surface area (Å²) in [5.41, 5.74) is 0.845. The molecule has 2 rings (SSSR count). The molecule has 2 atom stereocenters. The SMILES string of the molecule is CCCCCCCCCCCCCCCCOC[C@H]1CO[C@H](COC(=O)N(Cc2cccc[n+]2C)C(C)=O)C1.[I-]. The van der Waals surface area contributed by atoms with Crippen LogP contribution in [0.5, 0.6) is 0 Å². The van der Waals surface area contributed by atoms with Crippen molar-refractivity contribution in [3.05, 3.63) is 30.1 Å². The molecular formula is C32H55IN2O5. The zero-order valence-corrected chi connectivity index (χ0v) is 27.6. The molecule has 0 spiro atoms. The van der Waals surface area contributed by atoms with Crippen LogP contribution < -0.4 is 28.5 Å². The number of carbonyl (C=O) groups is 2. The number of aromatic nitrogens is 1. The van der Waals surface area contributed by atoms with E-state index in [2.05, 4.69) is 6.92 Å². The van der Waals surface area contributed by atoms with E-state index in [0.29, 0.717) is 19.1 Å². The molecule has 0 saturated carbocycles. The lowest BCUT2D eigenvalue weighted by Crippen LogP contribution is -3.00. The molecule has 1 saturated heterocycles. The van der Waals surface area contributed by atoms with Gasteiger partial charge in [0.05, 0.1) is 19.3 Å². The van der Waals surface area contributed by atoms with E-state index in [1.54, 1.807) is 0 Å². The number of unbranched alkanes of at least 4 members (excludes halogenated alkanes) is 13. The van der Waals surface area contributed by atoms with Gasteiger partial charge in [-0.05, 0) is 12.8 Å². The number of hydrogen-bond donors (Lipinski definition) is 0. The summed E-state index contributed by atoms with van der Waals surface area (Å²) >= 11 is 0. The van der Waals surface area contributed by atoms with Gasteiger partial charge in [-0.25, -0.2) is 14.3 Å². The molecule has 1 aromatic heterocycles. The summed E-state index contributed by atoms with van der Waals surface area (Å²) in [6, 6.07) is 5.66. The third-order valence-corrected chi connectivity index (χ3v) is 7.64. The molecule has 1 fully saturated rings. The number of aryl methyl sites for hydroxylation is 1. The first-order valence-corrected chi connectivity index (χ1v) is 15.6. The number of imide groups is 1. The van der Waals surface area contributed by atoms with Crippen LogP contribution in [0.15, 0.2) is 24.4 Å². The van der Waals surface area contributed by atoms with Crippen molar-refractivity contribution >= 4 is 12.0 Å². The van der Waals surface area contributed by atoms with Crippen molar-refractivity contribution in [3.8, 4) is 0 Å². The van der Waals surface area contributed by atoms with Gasteiger partial charge in [-0.3, -0.25) is 4.79 Å². The van der Waals surface area contributed by atoms with Gasteiger partial charge in [0.25, 0.3) is 0 Å². The van der Waals surface area contributed by atoms with Gasteiger partial charge in [-0.1, -0.05) is 96.5 Å². The fourth-order valence-electron chi connectivity index (χ4n) is 5.09. The summed E-state index contributed by atoms with van der Waals surface area (Å²) in [5.74, 6) is -0.0152. The second-order valence-corrected chi connectivity index (χ2v) is 11.2. The number of ether oxygens (including phenoxy) is 3. The Kier molecular flexibility index (Phi) is 21.4. The minimum Gasteiger partial charge on any atom is -1.00 e. The molecule has 8 heteroatoms. The third-order valence-electron chi connectivity index (χ3n) is 7.64. The normalized spacial score (nSPS) is 16.5. The van der Waals surface area contributed by atoms with Gasteiger partial charge in [0, 0.05) is 31.6 Å². The van der Waals surface area contributed by atoms with Gasteiger partial charge in [-0.15, -0.1) is 0 Å². The summed E-state index contributed by atoms with van der Waals surface area (Å²) in [7, 11) is 1.88. The maximum atomic E-state index is 12.6. The molecule has 0 N–H and O–H groups in total. The maximum absolute atomic E-state index is 12.6. The lowest BCUT2D eigenvalue weighted by atomic mass is 10.0. The Balaban J connectivity index is 0.00000800. The summed E-state index contributed by atoms with van der Waals surface area (Å²) < 4.78 is 19.0. The van der Waals surface area contributed by atoms with Crippen LogP contribution in [-0.4, -0.2) is 49.4 Å². The average Bonchev–Trinajstić information content (AvgIpc) is 3.38. The molecule has 0 aliphatic carbocycles. The summed E-state index contributed by atoms with van der Waals surface area (Å²) in [4.78, 5) is 25.7. The van der Waals surface area contributed by atoms with Gasteiger partial charge in [-0.2, -0.15) is 0 Å². The van der Waals surface area contributed by atoms with Crippen LogP contribution >= 0.6 is 0 Å². The molecule has 40 heavy (non-hydrogen) atoms. The van der Waals surface area contributed by atoms with Crippen molar-refractivity contribution < 1.29 is 52.3 Å². The third kappa shape index (κ3) is 16.2. The van der Waals surface area contributed by atoms with Crippen LogP contribution in [0.2, 0.25) is 0 Å². The molecule has 1 aliphatic heterocycles. The fraction of sp³-hybridized carbons (Fsp3) is 0.781. The van der Waals surface area contributed by atoms with E-state index in [1.165, 1.54) is 90.4 Å². The first kappa shape index (κ1) is 36.8. The number of nitrogens with zero attached hydrogens (tertiary/aromatic N) is 2. The zero-order chi connectivity index (χ0) is 28.1. The Morgan fingerprint density at radius 3 is 2.10 bits per heavy atom. The van der Waals surface area contributed by atoms with Crippen molar-refractivity contribution in [3.63, 3.8) is 0 Å². The monoisotopic (exact) mass is 674 g/mol. The summed E-state index contributed by atoms with van der Waals surface area (Å²) in [5, 5.41) is 0. The van der Waals surface area contributed by atoms with Crippen molar-refractivity contribution in [2.75, 3.05) is 26.4 Å². The van der Waals surface area contributed by atoms with Gasteiger partial charge in [0.2, 0.25) is 11.6 Å². The highest BCUT2D eigenvalue weighted by atomic mass is 127. The van der Waals surface area contributed by atoms with Gasteiger partial charge < -0.3 is 38.2 Å². The Hall–Kier alpha value is -1.26. The Labute approximate surface area is 260 Å². The van der Waals surface area contributed by atoms with Gasteiger partial charge in [0.15, 0.2) is 6.20 Å². The lowest BCUT2D eigenvalue weighted by Gasteiger charge is -2.19. The maximum Gasteiger partial charge on any atom is 0.417 e. The van der Waals surface area contributed by atoms with Crippen LogP contribution in [0.1, 0.15) is 116 Å². The first-order valence-electron chi connectivity index (χ1n) is 15.6. The highest BCUT2D eigenvalue weighted by Gasteiger charge is 2.29. The van der Waals surface area contributed by atoms with Crippen molar-refractivity contribution in [2.24, 2.45) is 13.0 Å². The molecule has 0 unspecified atom stereocenters. The standard InChI is InChI=1S/C32H55N2O5.HI/c1-4-5-6-7-8-9-10-11-12-13-14-15-16-19-22-37-25-29-23-31(38-26-29)27-39-32(36)34(28(2)35)24-30-20-17-18-21-33(30)3;/h17-18,20-21,29,31H,4-16,19,22-27H2,1-3H3;1H/q+1;/p-1/t29-,31-;/m0./s1. The van der Waals surface area contributed by atoms with Crippen molar-refractivity contribution in [2.45, 2.75) is 123 Å². The van der Waals surface area contributed by atoms with Crippen LogP contribution in [0.25, 0.3) is 0 Å². The van der Waals surface area contributed by atoms with E-state index in [-0.39, 0.29) is 49.1 Å². The molecule has 2 amide bonds. The number of pyridine rings is 1. The molecule has 0 bridgehead atoms. The predicted molar refractivity (Wildman–Crippen MR) is 154 cm³/mol. The minimum absolute atomic E-state index is 0. The van der Waals surface area contributed by atoms with Crippen molar-refractivity contribution in [1.29, 1.82) is 0 Å². The molecule has 1 aromatic rings. The second kappa shape index (κ2) is 23.3. The fourth-order valence-corrected chi connectivity index (χ4v) is 5.09. The highest BCUT2D eigenvalue weighted by molar-refractivity contribution is 5.90. The van der Waals surface area contributed by atoms with Crippen molar-refractivity contribution in [1.82, 2.24) is 4.90 Å². The number of hydrogen-bond acceptors (Lipinski definition) is 5. The summed E-state index contributed by atoms with van der Waals surface area (Å²) in [6.07, 6.45) is 20.9. The Bertz CT molecular complexity index is 809. The van der Waals surface area contributed by atoms with E-state index in [1.807, 2.05) is 36.0 Å². The lowest BCUT2D eigenvalue weighted by molar-refractivity contribution is -0.679.